The lowest BCUT2D eigenvalue weighted by molar-refractivity contribution is -0.306. The Morgan fingerprint density at radius 1 is 1.60 bits per heavy atom. The van der Waals surface area contributed by atoms with Crippen molar-refractivity contribution >= 4 is 28.3 Å². The van der Waals surface area contributed by atoms with Crippen LogP contribution in [0, 0.1) is 5.92 Å². The van der Waals surface area contributed by atoms with Gasteiger partial charge in [-0.2, -0.15) is 0 Å². The van der Waals surface area contributed by atoms with Gasteiger partial charge in [-0.3, -0.25) is 4.79 Å². The molecule has 0 bridgehead atoms. The van der Waals surface area contributed by atoms with Crippen LogP contribution in [-0.2, 0) is 9.59 Å². The summed E-state index contributed by atoms with van der Waals surface area (Å²) in [5.74, 6) is -1.58. The number of aromatic nitrogens is 1. The molecule has 1 atom stereocenters. The average molecular weight is 227 g/mol. The van der Waals surface area contributed by atoms with E-state index in [1.807, 2.05) is 0 Å². The first kappa shape index (κ1) is 11.6. The highest BCUT2D eigenvalue weighted by atomic mass is 32.1. The number of hydrogen-bond donors (Lipinski definition) is 1. The molecule has 0 fully saturated rings. The van der Waals surface area contributed by atoms with E-state index in [9.17, 15) is 14.7 Å². The first-order chi connectivity index (χ1) is 7.08. The molecule has 0 aliphatic carbocycles. The third-order valence-electron chi connectivity index (χ3n) is 1.73. The third kappa shape index (κ3) is 4.55. The van der Waals surface area contributed by atoms with Crippen LogP contribution < -0.4 is 10.4 Å². The average Bonchev–Trinajstić information content (AvgIpc) is 2.53. The molecule has 15 heavy (non-hydrogen) atoms. The molecule has 0 saturated heterocycles. The van der Waals surface area contributed by atoms with Gasteiger partial charge in [0.1, 0.15) is 0 Å². The molecule has 0 spiro atoms. The molecule has 5 nitrogen and oxygen atoms in total. The normalized spacial score (nSPS) is 12.1. The highest BCUT2D eigenvalue weighted by molar-refractivity contribution is 7.13. The summed E-state index contributed by atoms with van der Waals surface area (Å²) < 4.78 is 0. The van der Waals surface area contributed by atoms with E-state index >= 15 is 0 Å². The van der Waals surface area contributed by atoms with E-state index < -0.39 is 5.97 Å². The highest BCUT2D eigenvalue weighted by Gasteiger charge is 2.10. The summed E-state index contributed by atoms with van der Waals surface area (Å²) in [5, 5.41) is 15.1. The Morgan fingerprint density at radius 3 is 2.87 bits per heavy atom. The Hall–Kier alpha value is -1.43. The summed E-state index contributed by atoms with van der Waals surface area (Å²) in [5.41, 5.74) is 0. The molecular weight excluding hydrogens is 216 g/mol. The smallest absolute Gasteiger partial charge is 0.226 e. The second-order valence-corrected chi connectivity index (χ2v) is 4.17. The molecule has 1 heterocycles. The van der Waals surface area contributed by atoms with Crippen molar-refractivity contribution < 1.29 is 14.7 Å². The zero-order valence-corrected chi connectivity index (χ0v) is 9.04. The maximum Gasteiger partial charge on any atom is 0.226 e. The molecule has 82 valence electrons. The molecule has 0 radical (unpaired) electrons. The topological polar surface area (TPSA) is 82.1 Å². The predicted octanol–water partition coefficient (Wildman–Crippen LogP) is 0.248. The Bertz CT molecular complexity index is 337. The number of amides is 1. The van der Waals surface area contributed by atoms with Gasteiger partial charge < -0.3 is 15.2 Å². The summed E-state index contributed by atoms with van der Waals surface area (Å²) >= 11 is 1.32. The molecule has 1 N–H and O–H groups in total. The van der Waals surface area contributed by atoms with E-state index in [4.69, 9.17) is 0 Å². The van der Waals surface area contributed by atoms with Crippen molar-refractivity contribution in [3.05, 3.63) is 11.6 Å². The van der Waals surface area contributed by atoms with Crippen LogP contribution in [0.5, 0.6) is 0 Å². The van der Waals surface area contributed by atoms with E-state index in [0.29, 0.717) is 5.13 Å². The van der Waals surface area contributed by atoms with Crippen LogP contribution in [0.1, 0.15) is 19.8 Å². The van der Waals surface area contributed by atoms with Gasteiger partial charge in [-0.25, -0.2) is 4.98 Å². The molecule has 6 heteroatoms. The van der Waals surface area contributed by atoms with Crippen LogP contribution in [0.25, 0.3) is 0 Å². The van der Waals surface area contributed by atoms with E-state index in [1.165, 1.54) is 11.3 Å². The maximum absolute atomic E-state index is 11.3. The van der Waals surface area contributed by atoms with Gasteiger partial charge in [0.25, 0.3) is 0 Å². The second-order valence-electron chi connectivity index (χ2n) is 3.27. The second kappa shape index (κ2) is 5.45. The number of anilines is 1. The van der Waals surface area contributed by atoms with Crippen molar-refractivity contribution in [2.45, 2.75) is 19.8 Å². The third-order valence-corrected chi connectivity index (χ3v) is 2.42. The first-order valence-corrected chi connectivity index (χ1v) is 5.35. The molecule has 0 unspecified atom stereocenters. The minimum Gasteiger partial charge on any atom is -0.550 e. The quantitative estimate of drug-likeness (QED) is 0.781. The van der Waals surface area contributed by atoms with Crippen LogP contribution >= 0.6 is 11.3 Å². The lowest BCUT2D eigenvalue weighted by Gasteiger charge is -2.10. The summed E-state index contributed by atoms with van der Waals surface area (Å²) in [4.78, 5) is 25.5. The van der Waals surface area contributed by atoms with Gasteiger partial charge in [-0.05, 0) is 12.3 Å². The maximum atomic E-state index is 11.3. The largest absolute Gasteiger partial charge is 0.550 e. The number of nitrogens with one attached hydrogen (secondary N) is 1. The van der Waals surface area contributed by atoms with E-state index in [0.717, 1.165) is 0 Å². The zero-order chi connectivity index (χ0) is 11.3. The first-order valence-electron chi connectivity index (χ1n) is 4.47. The zero-order valence-electron chi connectivity index (χ0n) is 8.23. The van der Waals surface area contributed by atoms with Gasteiger partial charge in [0.15, 0.2) is 5.13 Å². The molecule has 1 aromatic rings. The van der Waals surface area contributed by atoms with Gasteiger partial charge in [0, 0.05) is 24.0 Å². The monoisotopic (exact) mass is 227 g/mol. The highest BCUT2D eigenvalue weighted by Crippen LogP contribution is 2.13. The van der Waals surface area contributed by atoms with Crippen molar-refractivity contribution in [1.82, 2.24) is 4.98 Å². The van der Waals surface area contributed by atoms with Gasteiger partial charge in [0.2, 0.25) is 5.91 Å². The van der Waals surface area contributed by atoms with Crippen molar-refractivity contribution in [3.63, 3.8) is 0 Å². The van der Waals surface area contributed by atoms with E-state index in [1.54, 1.807) is 18.5 Å². The van der Waals surface area contributed by atoms with E-state index in [2.05, 4.69) is 10.3 Å². The lowest BCUT2D eigenvalue weighted by Crippen LogP contribution is -2.26. The molecule has 0 aromatic carbocycles. The minimum atomic E-state index is -1.13. The summed E-state index contributed by atoms with van der Waals surface area (Å²) in [7, 11) is 0. The van der Waals surface area contributed by atoms with Gasteiger partial charge in [0.05, 0.1) is 0 Å². The van der Waals surface area contributed by atoms with Crippen molar-refractivity contribution in [2.75, 3.05) is 5.32 Å². The van der Waals surface area contributed by atoms with Crippen LogP contribution in [-0.4, -0.2) is 16.9 Å². The predicted molar refractivity (Wildman–Crippen MR) is 54.1 cm³/mol. The number of thiazole rings is 1. The fraction of sp³-hybridized carbons (Fsp3) is 0.444. The van der Waals surface area contributed by atoms with Crippen LogP contribution in [0.2, 0.25) is 0 Å². The standard InChI is InChI=1S/C9H12N2O3S/c1-6(5-8(13)14)4-7(12)11-9-10-2-3-15-9/h2-3,6H,4-5H2,1H3,(H,13,14)(H,10,11,12)/p-1/t6-/m0/s1. The molecule has 1 amide bonds. The van der Waals surface area contributed by atoms with Gasteiger partial charge in [-0.1, -0.05) is 6.92 Å². The molecular formula is C9H11N2O3S-. The number of nitrogens with zero attached hydrogens (tertiary/aromatic N) is 1. The Morgan fingerprint density at radius 2 is 2.33 bits per heavy atom. The van der Waals surface area contributed by atoms with Crippen molar-refractivity contribution in [3.8, 4) is 0 Å². The van der Waals surface area contributed by atoms with Crippen LogP contribution in [0.15, 0.2) is 11.6 Å². The van der Waals surface area contributed by atoms with E-state index in [-0.39, 0.29) is 24.7 Å². The Kier molecular flexibility index (Phi) is 4.23. The molecule has 1 aromatic heterocycles. The number of rotatable bonds is 5. The number of hydrogen-bond acceptors (Lipinski definition) is 5. The van der Waals surface area contributed by atoms with Gasteiger partial charge in [-0.15, -0.1) is 11.3 Å². The fourth-order valence-electron chi connectivity index (χ4n) is 1.13. The number of carbonyl (C=O) groups excluding carboxylic acids is 2. The Balaban J connectivity index is 2.33. The summed E-state index contributed by atoms with van der Waals surface area (Å²) in [6.45, 7) is 1.69. The molecule has 0 saturated carbocycles. The summed E-state index contributed by atoms with van der Waals surface area (Å²) in [6.07, 6.45) is 1.64. The number of aliphatic carboxylic acids is 1. The fourth-order valence-corrected chi connectivity index (χ4v) is 1.67. The van der Waals surface area contributed by atoms with Gasteiger partial charge >= 0.3 is 0 Å². The SMILES string of the molecule is C[C@H](CC(=O)[O-])CC(=O)Nc1nccs1. The molecule has 0 aliphatic rings. The van der Waals surface area contributed by atoms with Crippen molar-refractivity contribution in [2.24, 2.45) is 5.92 Å². The number of carbonyl (C=O) groups is 2. The number of carboxylic acids is 1. The number of carboxylic acid groups (broad SMARTS) is 1. The molecule has 1 rings (SSSR count). The van der Waals surface area contributed by atoms with Crippen molar-refractivity contribution in [1.29, 1.82) is 0 Å². The molecule has 0 aliphatic heterocycles. The van der Waals surface area contributed by atoms with Crippen LogP contribution in [0.3, 0.4) is 0 Å². The summed E-state index contributed by atoms with van der Waals surface area (Å²) in [6, 6.07) is 0. The minimum absolute atomic E-state index is 0.106. The van der Waals surface area contributed by atoms with Crippen LogP contribution in [0.4, 0.5) is 5.13 Å². The Labute approximate surface area is 91.1 Å². The lowest BCUT2D eigenvalue weighted by atomic mass is 10.0.